The number of carbonyl (C=O) groups excluding carboxylic acids is 2. The number of esters is 2. The van der Waals surface area contributed by atoms with Crippen molar-refractivity contribution in [3.8, 4) is 11.5 Å². The van der Waals surface area contributed by atoms with Gasteiger partial charge >= 0.3 is 11.9 Å². The summed E-state index contributed by atoms with van der Waals surface area (Å²) in [5.74, 6) is -0.780. The zero-order valence-electron chi connectivity index (χ0n) is 24.9. The first-order valence-electron chi connectivity index (χ1n) is 14.7. The van der Waals surface area contributed by atoms with E-state index in [4.69, 9.17) is 20.9 Å². The highest BCUT2D eigenvalue weighted by molar-refractivity contribution is 6.01. The molecule has 7 rings (SSSR count). The normalized spacial score (nSPS) is 10.9. The number of benzene rings is 5. The molecule has 0 radical (unpaired) electrons. The van der Waals surface area contributed by atoms with Crippen molar-refractivity contribution in [1.82, 2.24) is 9.97 Å². The number of hydrogen-bond donors (Lipinski definition) is 2. The molecule has 4 N–H and O–H groups in total. The first-order valence-corrected chi connectivity index (χ1v) is 14.7. The van der Waals surface area contributed by atoms with E-state index in [-0.39, 0.29) is 11.1 Å². The second kappa shape index (κ2) is 12.3. The van der Waals surface area contributed by atoms with Crippen molar-refractivity contribution in [1.29, 1.82) is 0 Å². The lowest BCUT2D eigenvalue weighted by atomic mass is 10.1. The van der Waals surface area contributed by atoms with Crippen LogP contribution in [0.2, 0.25) is 0 Å². The first-order chi connectivity index (χ1) is 22.9. The second-order valence-electron chi connectivity index (χ2n) is 10.7. The lowest BCUT2D eigenvalue weighted by Gasteiger charge is -2.26. The van der Waals surface area contributed by atoms with Gasteiger partial charge in [0.05, 0.1) is 11.1 Å². The molecule has 0 aliphatic rings. The molecule has 0 atom stereocenters. The highest BCUT2D eigenvalue weighted by Crippen LogP contribution is 2.37. The Morgan fingerprint density at radius 2 is 0.936 bits per heavy atom. The number of hydrogen-bond acceptors (Lipinski definition) is 9. The van der Waals surface area contributed by atoms with E-state index < -0.39 is 11.9 Å². The van der Waals surface area contributed by atoms with Gasteiger partial charge in [0.15, 0.2) is 11.5 Å². The fraction of sp³-hybridized carbons (Fsp3) is 0. The van der Waals surface area contributed by atoms with Gasteiger partial charge in [-0.25, -0.2) is 9.59 Å². The van der Waals surface area contributed by atoms with E-state index in [1.165, 1.54) is 6.07 Å². The number of para-hydroxylation sites is 2. The monoisotopic (exact) mass is 617 g/mol. The maximum atomic E-state index is 13.8. The van der Waals surface area contributed by atoms with Crippen LogP contribution in [0.1, 0.15) is 20.7 Å². The van der Waals surface area contributed by atoms with E-state index in [9.17, 15) is 9.59 Å². The number of rotatable bonds is 7. The van der Waals surface area contributed by atoms with Crippen LogP contribution >= 0.6 is 0 Å². The van der Waals surface area contributed by atoms with Crippen molar-refractivity contribution in [3.05, 3.63) is 151 Å². The van der Waals surface area contributed by atoms with Crippen molar-refractivity contribution >= 4 is 62.2 Å². The Kier molecular flexibility index (Phi) is 7.61. The molecule has 2 aromatic heterocycles. The van der Waals surface area contributed by atoms with Gasteiger partial charge in [-0.2, -0.15) is 0 Å². The lowest BCUT2D eigenvalue weighted by molar-refractivity contribution is 0.0736. The van der Waals surface area contributed by atoms with Gasteiger partial charge in [0.1, 0.15) is 11.0 Å². The van der Waals surface area contributed by atoms with Crippen LogP contribution in [0.15, 0.2) is 140 Å². The van der Waals surface area contributed by atoms with Crippen molar-refractivity contribution in [3.63, 3.8) is 0 Å². The Hall–Kier alpha value is -6.74. The number of pyridine rings is 2. The standard InChI is InChI=1S/C38H27N5O4/c39-28-11-15-30(16-12-28)43(31-17-13-29(40)14-18-31)32-22-26(37(44)46-33-9-1-5-24-7-3-19-41-35(24)33)21-27(23-32)38(45)47-34-10-2-6-25-8-4-20-42-36(25)34/h1-23H,39-40H2. The Bertz CT molecular complexity index is 2100. The minimum absolute atomic E-state index is 0.120. The maximum Gasteiger partial charge on any atom is 0.343 e. The molecule has 2 heterocycles. The third-order valence-corrected chi connectivity index (χ3v) is 7.55. The molecular formula is C38H27N5O4. The van der Waals surface area contributed by atoms with E-state index in [0.29, 0.717) is 39.6 Å². The van der Waals surface area contributed by atoms with Gasteiger partial charge in [0.25, 0.3) is 0 Å². The molecule has 5 aromatic carbocycles. The summed E-state index contributed by atoms with van der Waals surface area (Å²) in [4.78, 5) is 38.4. The predicted molar refractivity (Wildman–Crippen MR) is 183 cm³/mol. The van der Waals surface area contributed by atoms with Crippen LogP contribution in [0.5, 0.6) is 11.5 Å². The molecule has 0 saturated carbocycles. The third-order valence-electron chi connectivity index (χ3n) is 7.55. The Labute approximate surface area is 269 Å². The number of carbonyl (C=O) groups is 2. The van der Waals surface area contributed by atoms with Gasteiger partial charge in [0, 0.05) is 51.6 Å². The second-order valence-corrected chi connectivity index (χ2v) is 10.7. The molecule has 228 valence electrons. The minimum atomic E-state index is -0.680. The number of nitrogen functional groups attached to an aromatic ring is 2. The van der Waals surface area contributed by atoms with Crippen molar-refractivity contribution < 1.29 is 19.1 Å². The zero-order chi connectivity index (χ0) is 32.3. The molecule has 0 spiro atoms. The highest BCUT2D eigenvalue weighted by atomic mass is 16.5. The van der Waals surface area contributed by atoms with Gasteiger partial charge in [-0.3, -0.25) is 9.97 Å². The van der Waals surface area contributed by atoms with E-state index in [1.54, 1.807) is 73.1 Å². The van der Waals surface area contributed by atoms with Gasteiger partial charge in [-0.05, 0) is 91.0 Å². The molecule has 9 nitrogen and oxygen atoms in total. The smallest absolute Gasteiger partial charge is 0.343 e. The lowest BCUT2D eigenvalue weighted by Crippen LogP contribution is -2.17. The van der Waals surface area contributed by atoms with Gasteiger partial charge in [-0.1, -0.05) is 36.4 Å². The highest BCUT2D eigenvalue weighted by Gasteiger charge is 2.22. The number of ether oxygens (including phenoxy) is 2. The van der Waals surface area contributed by atoms with Crippen molar-refractivity contribution in [2.75, 3.05) is 16.4 Å². The van der Waals surface area contributed by atoms with Gasteiger partial charge < -0.3 is 25.8 Å². The topological polar surface area (TPSA) is 134 Å². The maximum absolute atomic E-state index is 13.8. The Balaban J connectivity index is 1.35. The summed E-state index contributed by atoms with van der Waals surface area (Å²) in [6.07, 6.45) is 3.27. The largest absolute Gasteiger partial charge is 0.421 e. The van der Waals surface area contributed by atoms with Crippen LogP contribution in [0, 0.1) is 0 Å². The van der Waals surface area contributed by atoms with E-state index >= 15 is 0 Å². The van der Waals surface area contributed by atoms with Gasteiger partial charge in [0.2, 0.25) is 0 Å². The summed E-state index contributed by atoms with van der Waals surface area (Å²) < 4.78 is 11.8. The van der Waals surface area contributed by atoms with Crippen LogP contribution in [0.4, 0.5) is 28.4 Å². The van der Waals surface area contributed by atoms with Crippen LogP contribution in [0.25, 0.3) is 21.8 Å². The fourth-order valence-corrected chi connectivity index (χ4v) is 5.30. The molecule has 47 heavy (non-hydrogen) atoms. The van der Waals surface area contributed by atoms with Crippen LogP contribution in [-0.2, 0) is 0 Å². The molecule has 0 saturated heterocycles. The fourth-order valence-electron chi connectivity index (χ4n) is 5.30. The summed E-state index contributed by atoms with van der Waals surface area (Å²) in [5, 5.41) is 1.63. The molecule has 0 amide bonds. The van der Waals surface area contributed by atoms with Crippen molar-refractivity contribution in [2.45, 2.75) is 0 Å². The minimum Gasteiger partial charge on any atom is -0.421 e. The Morgan fingerprint density at radius 3 is 1.38 bits per heavy atom. The summed E-state index contributed by atoms with van der Waals surface area (Å²) in [5.41, 5.74) is 16.4. The Morgan fingerprint density at radius 1 is 0.511 bits per heavy atom. The van der Waals surface area contributed by atoms with E-state index in [1.807, 2.05) is 65.6 Å². The van der Waals surface area contributed by atoms with Crippen molar-refractivity contribution in [2.24, 2.45) is 0 Å². The first kappa shape index (κ1) is 29.0. The summed E-state index contributed by atoms with van der Waals surface area (Å²) in [6.45, 7) is 0. The summed E-state index contributed by atoms with van der Waals surface area (Å²) >= 11 is 0. The number of fused-ring (bicyclic) bond motifs is 2. The molecule has 0 aliphatic heterocycles. The molecule has 0 aliphatic carbocycles. The summed E-state index contributed by atoms with van der Waals surface area (Å²) in [7, 11) is 0. The summed E-state index contributed by atoms with van der Waals surface area (Å²) in [6, 6.07) is 37.3. The number of anilines is 5. The average Bonchev–Trinajstić information content (AvgIpc) is 3.10. The number of aromatic nitrogens is 2. The zero-order valence-corrected chi connectivity index (χ0v) is 24.9. The molecule has 0 fully saturated rings. The molecular weight excluding hydrogens is 590 g/mol. The van der Waals surface area contributed by atoms with E-state index in [0.717, 1.165) is 22.1 Å². The van der Waals surface area contributed by atoms with E-state index in [2.05, 4.69) is 9.97 Å². The SMILES string of the molecule is Nc1ccc(N(c2ccc(N)cc2)c2cc(C(=O)Oc3cccc4cccnc34)cc(C(=O)Oc3cccc4cccnc34)c2)cc1. The molecule has 0 bridgehead atoms. The molecule has 7 aromatic rings. The molecule has 0 unspecified atom stereocenters. The third kappa shape index (κ3) is 6.01. The predicted octanol–water partition coefficient (Wildman–Crippen LogP) is 7.86. The van der Waals surface area contributed by atoms with Crippen LogP contribution in [-0.4, -0.2) is 21.9 Å². The molecule has 9 heteroatoms. The number of nitrogens with zero attached hydrogens (tertiary/aromatic N) is 3. The quantitative estimate of drug-likeness (QED) is 0.104. The van der Waals surface area contributed by atoms with Crippen LogP contribution < -0.4 is 25.8 Å². The number of nitrogens with two attached hydrogens (primary N) is 2. The van der Waals surface area contributed by atoms with Crippen LogP contribution in [0.3, 0.4) is 0 Å². The van der Waals surface area contributed by atoms with Gasteiger partial charge in [-0.15, -0.1) is 0 Å². The average molecular weight is 618 g/mol.